The number of hydrogen-bond donors (Lipinski definition) is 1. The second kappa shape index (κ2) is 6.54. The highest BCUT2D eigenvalue weighted by molar-refractivity contribution is 7.90. The molecule has 0 atom stereocenters. The maximum atomic E-state index is 12.6. The van der Waals surface area contributed by atoms with Gasteiger partial charge in [-0.3, -0.25) is 9.20 Å². The van der Waals surface area contributed by atoms with E-state index in [0.717, 1.165) is 5.69 Å². The quantitative estimate of drug-likeness (QED) is 0.763. The third-order valence-corrected chi connectivity index (χ3v) is 5.39. The molecule has 26 heavy (non-hydrogen) atoms. The lowest BCUT2D eigenvalue weighted by Gasteiger charge is -2.28. The van der Waals surface area contributed by atoms with E-state index in [9.17, 15) is 26.4 Å². The van der Waals surface area contributed by atoms with Gasteiger partial charge in [0.25, 0.3) is 5.91 Å². The molecule has 11 heteroatoms. The highest BCUT2D eigenvalue weighted by Crippen LogP contribution is 2.24. The van der Waals surface area contributed by atoms with Crippen molar-refractivity contribution in [1.29, 1.82) is 0 Å². The molecule has 3 heterocycles. The Balaban J connectivity index is 1.59. The highest BCUT2D eigenvalue weighted by atomic mass is 32.2. The van der Waals surface area contributed by atoms with Gasteiger partial charge in [-0.2, -0.15) is 13.2 Å². The first-order valence-corrected chi connectivity index (χ1v) is 9.42. The summed E-state index contributed by atoms with van der Waals surface area (Å²) in [4.78, 5) is 18.6. The van der Waals surface area contributed by atoms with Crippen LogP contribution in [0.2, 0.25) is 0 Å². The fraction of sp³-hybridized carbons (Fsp3) is 0.467. The first-order valence-electron chi connectivity index (χ1n) is 7.94. The molecule has 0 aromatic carbocycles. The average molecular weight is 390 g/mol. The number of carbonyl (C=O) groups is 1. The Morgan fingerprint density at radius 3 is 2.69 bits per heavy atom. The van der Waals surface area contributed by atoms with Crippen LogP contribution in [-0.4, -0.2) is 47.2 Å². The zero-order valence-corrected chi connectivity index (χ0v) is 14.7. The smallest absolute Gasteiger partial charge is 0.331 e. The van der Waals surface area contributed by atoms with Crippen LogP contribution >= 0.6 is 0 Å². The number of unbranched alkanes of at least 4 members (excludes halogenated alkanes) is 1. The Labute approximate surface area is 147 Å². The van der Waals surface area contributed by atoms with Crippen LogP contribution < -0.4 is 4.72 Å². The van der Waals surface area contributed by atoms with Crippen LogP contribution in [-0.2, 0) is 16.6 Å². The van der Waals surface area contributed by atoms with Crippen molar-refractivity contribution in [1.82, 2.24) is 19.0 Å². The third kappa shape index (κ3) is 3.28. The molecule has 1 aliphatic heterocycles. The topological polar surface area (TPSA) is 83.8 Å². The summed E-state index contributed by atoms with van der Waals surface area (Å²) in [5, 5.41) is 0. The van der Waals surface area contributed by atoms with Gasteiger partial charge in [-0.15, -0.1) is 0 Å². The molecule has 0 saturated heterocycles. The summed E-state index contributed by atoms with van der Waals surface area (Å²) >= 11 is 0. The number of nitrogens with zero attached hydrogens (tertiary/aromatic N) is 3. The fourth-order valence-corrected chi connectivity index (χ4v) is 3.54. The summed E-state index contributed by atoms with van der Waals surface area (Å²) < 4.78 is 61.8. The van der Waals surface area contributed by atoms with Gasteiger partial charge in [-0.1, -0.05) is 6.07 Å². The second-order valence-corrected chi connectivity index (χ2v) is 7.79. The maximum absolute atomic E-state index is 12.6. The predicted molar refractivity (Wildman–Crippen MR) is 86.9 cm³/mol. The molecule has 0 radical (unpaired) electrons. The largest absolute Gasteiger partial charge is 0.511 e. The van der Waals surface area contributed by atoms with Gasteiger partial charge in [0.15, 0.2) is 0 Å². The Morgan fingerprint density at radius 2 is 2.00 bits per heavy atom. The van der Waals surface area contributed by atoms with Gasteiger partial charge >= 0.3 is 15.5 Å². The number of halogens is 3. The molecule has 3 rings (SSSR count). The number of amides is 1. The molecular weight excluding hydrogens is 373 g/mol. The summed E-state index contributed by atoms with van der Waals surface area (Å²) in [6.45, 7) is 2.09. The Hall–Kier alpha value is -2.14. The van der Waals surface area contributed by atoms with Gasteiger partial charge in [0.1, 0.15) is 11.3 Å². The summed E-state index contributed by atoms with van der Waals surface area (Å²) in [6, 6.07) is 5.55. The van der Waals surface area contributed by atoms with E-state index in [2.05, 4.69) is 4.98 Å². The number of aromatic nitrogens is 2. The van der Waals surface area contributed by atoms with Gasteiger partial charge < -0.3 is 4.90 Å². The van der Waals surface area contributed by atoms with Crippen molar-refractivity contribution in [2.24, 2.45) is 0 Å². The number of alkyl halides is 3. The molecule has 7 nitrogen and oxygen atoms in total. The average Bonchev–Trinajstić information content (AvgIpc) is 2.88. The molecule has 0 fully saturated rings. The molecule has 1 amide bonds. The molecule has 0 aliphatic carbocycles. The Bertz CT molecular complexity index is 953. The van der Waals surface area contributed by atoms with Crippen molar-refractivity contribution in [3.8, 4) is 0 Å². The minimum absolute atomic E-state index is 0.182. The van der Waals surface area contributed by atoms with Gasteiger partial charge in [-0.05, 0) is 31.9 Å². The van der Waals surface area contributed by atoms with E-state index in [1.807, 2.05) is 22.6 Å². The van der Waals surface area contributed by atoms with Crippen LogP contribution in [0.1, 0.15) is 34.7 Å². The van der Waals surface area contributed by atoms with E-state index in [1.54, 1.807) is 11.8 Å². The van der Waals surface area contributed by atoms with Crippen LogP contribution in [0.25, 0.3) is 5.65 Å². The minimum Gasteiger partial charge on any atom is -0.331 e. The van der Waals surface area contributed by atoms with E-state index < -0.39 is 15.5 Å². The molecule has 0 unspecified atom stereocenters. The van der Waals surface area contributed by atoms with Crippen molar-refractivity contribution in [2.75, 3.05) is 13.1 Å². The van der Waals surface area contributed by atoms with Crippen molar-refractivity contribution in [2.45, 2.75) is 31.8 Å². The van der Waals surface area contributed by atoms with Crippen molar-refractivity contribution in [3.63, 3.8) is 0 Å². The molecule has 142 valence electrons. The van der Waals surface area contributed by atoms with Gasteiger partial charge in [0, 0.05) is 18.8 Å². The fourth-order valence-electron chi connectivity index (χ4n) is 2.96. The Kier molecular flexibility index (Phi) is 4.69. The van der Waals surface area contributed by atoms with Crippen LogP contribution in [0.4, 0.5) is 13.2 Å². The number of pyridine rings is 1. The monoisotopic (exact) mass is 390 g/mol. The van der Waals surface area contributed by atoms with Crippen LogP contribution in [0.5, 0.6) is 0 Å². The summed E-state index contributed by atoms with van der Waals surface area (Å²) in [6.07, 6.45) is 0.552. The molecule has 2 aromatic heterocycles. The third-order valence-electron chi connectivity index (χ3n) is 4.19. The summed E-state index contributed by atoms with van der Waals surface area (Å²) in [7, 11) is -5.32. The number of sulfonamides is 1. The van der Waals surface area contributed by atoms with Crippen LogP contribution in [0.3, 0.4) is 0 Å². The molecule has 0 spiro atoms. The predicted octanol–water partition coefficient (Wildman–Crippen LogP) is 1.82. The molecule has 0 saturated carbocycles. The lowest BCUT2D eigenvalue weighted by molar-refractivity contribution is -0.0447. The highest BCUT2D eigenvalue weighted by Gasteiger charge is 2.45. The van der Waals surface area contributed by atoms with E-state index >= 15 is 0 Å². The molecular formula is C15H17F3N4O3S. The number of carbonyl (C=O) groups excluding carboxylic acids is 1. The maximum Gasteiger partial charge on any atom is 0.511 e. The number of aryl methyl sites for hydroxylation is 1. The lowest BCUT2D eigenvalue weighted by atomic mass is 10.2. The number of rotatable bonds is 6. The molecule has 1 aliphatic rings. The Morgan fingerprint density at radius 1 is 1.27 bits per heavy atom. The van der Waals surface area contributed by atoms with Gasteiger partial charge in [0.05, 0.1) is 12.2 Å². The van der Waals surface area contributed by atoms with Crippen LogP contribution in [0.15, 0.2) is 18.2 Å². The lowest BCUT2D eigenvalue weighted by Crippen LogP contribution is -2.38. The number of imidazole rings is 1. The van der Waals surface area contributed by atoms with E-state index in [1.165, 1.54) is 4.72 Å². The normalized spacial score (nSPS) is 15.1. The van der Waals surface area contributed by atoms with Crippen LogP contribution in [0, 0.1) is 6.92 Å². The molecule has 0 bridgehead atoms. The van der Waals surface area contributed by atoms with Crippen molar-refractivity contribution >= 4 is 21.6 Å². The second-order valence-electron chi connectivity index (χ2n) is 6.03. The van der Waals surface area contributed by atoms with E-state index in [0.29, 0.717) is 36.5 Å². The standard InChI is InChI=1S/C15H17F3N4O3S/c1-10-13-14(23)21(9-11-5-4-6-12(20-10)22(11)13)8-3-2-7-19-26(24,25)15(16,17)18/h4-6,19H,2-3,7-9H2,1H3. The van der Waals surface area contributed by atoms with Gasteiger partial charge in [0.2, 0.25) is 0 Å². The first kappa shape index (κ1) is 18.6. The minimum atomic E-state index is -5.32. The zero-order valence-electron chi connectivity index (χ0n) is 13.9. The zero-order chi connectivity index (χ0) is 19.1. The molecule has 2 aromatic rings. The van der Waals surface area contributed by atoms with Crippen molar-refractivity contribution < 1.29 is 26.4 Å². The van der Waals surface area contributed by atoms with E-state index in [-0.39, 0.29) is 18.9 Å². The molecule has 1 N–H and O–H groups in total. The first-order chi connectivity index (χ1) is 12.1. The summed E-state index contributed by atoms with van der Waals surface area (Å²) in [5.74, 6) is -0.190. The number of hydrogen-bond acceptors (Lipinski definition) is 4. The van der Waals surface area contributed by atoms with E-state index in [4.69, 9.17) is 0 Å². The van der Waals surface area contributed by atoms with Crippen molar-refractivity contribution in [3.05, 3.63) is 35.3 Å². The van der Waals surface area contributed by atoms with Gasteiger partial charge in [-0.25, -0.2) is 18.1 Å². The summed E-state index contributed by atoms with van der Waals surface area (Å²) in [5.41, 5.74) is -2.62. The SMILES string of the molecule is Cc1nc2cccc3n2c1C(=O)N(CCCCNS(=O)(=O)C(F)(F)F)C3. The number of nitrogens with one attached hydrogen (secondary N) is 1.